The third-order valence-electron chi connectivity index (χ3n) is 8.26. The molecule has 3 aromatic rings. The Kier molecular flexibility index (Phi) is 10.5. The molecule has 1 aromatic heterocycles. The van der Waals surface area contributed by atoms with Gasteiger partial charge in [0.1, 0.15) is 0 Å². The van der Waals surface area contributed by atoms with Crippen LogP contribution in [0.2, 0.25) is 0 Å². The van der Waals surface area contributed by atoms with Crippen LogP contribution in [0.25, 0.3) is 0 Å². The first-order valence-corrected chi connectivity index (χ1v) is 15.3. The van der Waals surface area contributed by atoms with Crippen molar-refractivity contribution in [2.45, 2.75) is 71.0 Å². The summed E-state index contributed by atoms with van der Waals surface area (Å²) in [6, 6.07) is 17.7. The molecule has 7 heteroatoms. The molecule has 5 rings (SSSR count). The molecule has 0 atom stereocenters. The number of fused-ring (bicyclic) bond motifs is 1. The minimum Gasteiger partial charge on any atom is -0.348 e. The van der Waals surface area contributed by atoms with E-state index in [2.05, 4.69) is 38.7 Å². The summed E-state index contributed by atoms with van der Waals surface area (Å²) in [6.45, 7) is 5.88. The smallest absolute Gasteiger partial charge is 0.258 e. The summed E-state index contributed by atoms with van der Waals surface area (Å²) in [6.07, 6.45) is 12.7. The lowest BCUT2D eigenvalue weighted by molar-refractivity contribution is 0.0949. The third kappa shape index (κ3) is 8.02. The molecule has 0 aliphatic carbocycles. The Bertz CT molecular complexity index is 1290. The van der Waals surface area contributed by atoms with E-state index in [1.54, 1.807) is 24.5 Å². The van der Waals surface area contributed by atoms with Gasteiger partial charge in [-0.1, -0.05) is 49.9 Å². The Hall–Kier alpha value is -3.55. The van der Waals surface area contributed by atoms with Gasteiger partial charge in [0.25, 0.3) is 11.8 Å². The number of anilines is 1. The summed E-state index contributed by atoms with van der Waals surface area (Å²) in [5.74, 6) is -0.132. The third-order valence-corrected chi connectivity index (χ3v) is 8.26. The predicted octanol–water partition coefficient (Wildman–Crippen LogP) is 5.70. The Labute approximate surface area is 244 Å². The molecule has 0 spiro atoms. The number of rotatable bonds is 6. The summed E-state index contributed by atoms with van der Waals surface area (Å²) < 4.78 is 0. The number of carbonyl (C=O) groups excluding carboxylic acids is 2. The van der Waals surface area contributed by atoms with Crippen LogP contribution in [0.15, 0.2) is 67.0 Å². The molecule has 1 saturated heterocycles. The zero-order chi connectivity index (χ0) is 28.3. The van der Waals surface area contributed by atoms with Gasteiger partial charge in [-0.2, -0.15) is 0 Å². The van der Waals surface area contributed by atoms with Gasteiger partial charge in [0, 0.05) is 55.4 Å². The van der Waals surface area contributed by atoms with E-state index in [1.807, 2.05) is 29.2 Å². The zero-order valence-electron chi connectivity index (χ0n) is 24.1. The lowest BCUT2D eigenvalue weighted by Crippen LogP contribution is -2.34. The van der Waals surface area contributed by atoms with Gasteiger partial charge in [-0.05, 0) is 92.3 Å². The molecule has 7 nitrogen and oxygen atoms in total. The molecular formula is C34H43N5O2. The van der Waals surface area contributed by atoms with E-state index < -0.39 is 0 Å². The number of likely N-dealkylation sites (tertiary alicyclic amines) is 1. The normalized spacial score (nSPS) is 17.1. The van der Waals surface area contributed by atoms with Gasteiger partial charge in [0.15, 0.2) is 0 Å². The molecule has 0 unspecified atom stereocenters. The summed E-state index contributed by atoms with van der Waals surface area (Å²) >= 11 is 0. The van der Waals surface area contributed by atoms with Gasteiger partial charge in [0.05, 0.1) is 0 Å². The van der Waals surface area contributed by atoms with Gasteiger partial charge in [-0.25, -0.2) is 0 Å². The van der Waals surface area contributed by atoms with Crippen molar-refractivity contribution in [3.05, 3.63) is 94.8 Å². The molecule has 41 heavy (non-hydrogen) atoms. The van der Waals surface area contributed by atoms with Crippen molar-refractivity contribution < 1.29 is 9.59 Å². The minimum absolute atomic E-state index is 0.0341. The Morgan fingerprint density at radius 2 is 1.49 bits per heavy atom. The van der Waals surface area contributed by atoms with Crippen molar-refractivity contribution in [1.82, 2.24) is 20.5 Å². The van der Waals surface area contributed by atoms with Crippen LogP contribution in [-0.4, -0.2) is 47.9 Å². The number of carbonyl (C=O) groups is 2. The van der Waals surface area contributed by atoms with Crippen molar-refractivity contribution in [2.24, 2.45) is 0 Å². The number of amides is 2. The largest absolute Gasteiger partial charge is 0.348 e. The van der Waals surface area contributed by atoms with E-state index >= 15 is 0 Å². The standard InChI is InChI=1S/C34H43N5O2/c40-33(37-25-29-11-5-6-12-30(29)26-38-20-8-4-9-21-38)28-13-14-32-31(23-28)24-36-17-7-2-1-3-10-22-39(32)34(41)27-15-18-35-19-16-27/h5-6,11-16,18-19,23,36H,1-4,7-10,17,20-22,24-26H2,(H,37,40). The van der Waals surface area contributed by atoms with Crippen LogP contribution in [0.5, 0.6) is 0 Å². The number of piperidine rings is 1. The molecule has 0 bridgehead atoms. The monoisotopic (exact) mass is 553 g/mol. The summed E-state index contributed by atoms with van der Waals surface area (Å²) in [5.41, 5.74) is 5.50. The highest BCUT2D eigenvalue weighted by atomic mass is 16.2. The summed E-state index contributed by atoms with van der Waals surface area (Å²) in [4.78, 5) is 35.5. The lowest BCUT2D eigenvalue weighted by atomic mass is 10.0. The van der Waals surface area contributed by atoms with Gasteiger partial charge in [-0.15, -0.1) is 0 Å². The number of aromatic nitrogens is 1. The van der Waals surface area contributed by atoms with Crippen LogP contribution in [-0.2, 0) is 19.6 Å². The van der Waals surface area contributed by atoms with Crippen LogP contribution in [0.4, 0.5) is 5.69 Å². The van der Waals surface area contributed by atoms with Crippen LogP contribution >= 0.6 is 0 Å². The SMILES string of the molecule is O=C(NCc1ccccc1CN1CCCCC1)c1ccc2c(c1)CNCCCCCCCN2C(=O)c1ccncc1. The van der Waals surface area contributed by atoms with Gasteiger partial charge >= 0.3 is 0 Å². The highest BCUT2D eigenvalue weighted by Crippen LogP contribution is 2.26. The molecule has 2 N–H and O–H groups in total. The first kappa shape index (κ1) is 29.0. The summed E-state index contributed by atoms with van der Waals surface area (Å²) in [5, 5.41) is 6.71. The van der Waals surface area contributed by atoms with Crippen molar-refractivity contribution in [3.8, 4) is 0 Å². The molecular weight excluding hydrogens is 510 g/mol. The fourth-order valence-corrected chi connectivity index (χ4v) is 5.91. The average molecular weight is 554 g/mol. The first-order chi connectivity index (χ1) is 20.2. The Morgan fingerprint density at radius 3 is 2.32 bits per heavy atom. The number of hydrogen-bond donors (Lipinski definition) is 2. The molecule has 2 aromatic carbocycles. The van der Waals surface area contributed by atoms with Crippen molar-refractivity contribution in [3.63, 3.8) is 0 Å². The maximum Gasteiger partial charge on any atom is 0.258 e. The minimum atomic E-state index is -0.0984. The van der Waals surface area contributed by atoms with Gasteiger partial charge < -0.3 is 15.5 Å². The van der Waals surface area contributed by atoms with E-state index in [1.165, 1.54) is 37.7 Å². The lowest BCUT2D eigenvalue weighted by Gasteiger charge is -2.27. The van der Waals surface area contributed by atoms with Crippen LogP contribution in [0.1, 0.15) is 88.8 Å². The maximum absolute atomic E-state index is 13.6. The Balaban J connectivity index is 1.34. The van der Waals surface area contributed by atoms with Crippen molar-refractivity contribution in [1.29, 1.82) is 0 Å². The van der Waals surface area contributed by atoms with Crippen LogP contribution in [0, 0.1) is 0 Å². The second kappa shape index (κ2) is 14.9. The quantitative estimate of drug-likeness (QED) is 0.410. The highest BCUT2D eigenvalue weighted by Gasteiger charge is 2.22. The molecule has 2 amide bonds. The predicted molar refractivity (Wildman–Crippen MR) is 164 cm³/mol. The average Bonchev–Trinajstić information content (AvgIpc) is 3.01. The van der Waals surface area contributed by atoms with E-state index in [4.69, 9.17) is 0 Å². The molecule has 2 aliphatic rings. The van der Waals surface area contributed by atoms with E-state index in [0.29, 0.717) is 30.8 Å². The number of hydrogen-bond acceptors (Lipinski definition) is 5. The number of benzene rings is 2. The van der Waals surface area contributed by atoms with Crippen LogP contribution < -0.4 is 15.5 Å². The molecule has 3 heterocycles. The Morgan fingerprint density at radius 1 is 0.780 bits per heavy atom. The van der Waals surface area contributed by atoms with Crippen molar-refractivity contribution >= 4 is 17.5 Å². The fourth-order valence-electron chi connectivity index (χ4n) is 5.91. The summed E-state index contributed by atoms with van der Waals surface area (Å²) in [7, 11) is 0. The molecule has 0 saturated carbocycles. The van der Waals surface area contributed by atoms with Crippen molar-refractivity contribution in [2.75, 3.05) is 31.1 Å². The van der Waals surface area contributed by atoms with Crippen LogP contribution in [0.3, 0.4) is 0 Å². The molecule has 1 fully saturated rings. The highest BCUT2D eigenvalue weighted by molar-refractivity contribution is 6.06. The van der Waals surface area contributed by atoms with Gasteiger partial charge in [0.2, 0.25) is 0 Å². The van der Waals surface area contributed by atoms with Gasteiger partial charge in [-0.3, -0.25) is 19.5 Å². The fraction of sp³-hybridized carbons (Fsp3) is 0.441. The number of nitrogens with one attached hydrogen (secondary N) is 2. The topological polar surface area (TPSA) is 77.6 Å². The number of pyridine rings is 1. The second-order valence-electron chi connectivity index (χ2n) is 11.3. The number of nitrogens with zero attached hydrogens (tertiary/aromatic N) is 3. The zero-order valence-corrected chi connectivity index (χ0v) is 24.1. The molecule has 216 valence electrons. The molecule has 0 radical (unpaired) electrons. The van der Waals surface area contributed by atoms with E-state index in [-0.39, 0.29) is 11.8 Å². The maximum atomic E-state index is 13.6. The van der Waals surface area contributed by atoms with E-state index in [9.17, 15) is 9.59 Å². The first-order valence-electron chi connectivity index (χ1n) is 15.3. The second-order valence-corrected chi connectivity index (χ2v) is 11.3. The molecule has 2 aliphatic heterocycles. The van der Waals surface area contributed by atoms with E-state index in [0.717, 1.165) is 62.3 Å².